The number of aryl methyl sites for hydroxylation is 1. The van der Waals surface area contributed by atoms with Crippen molar-refractivity contribution in [3.05, 3.63) is 41.3 Å². The summed E-state index contributed by atoms with van der Waals surface area (Å²) in [6.45, 7) is 7.19. The molecule has 1 aromatic carbocycles. The molecule has 0 saturated carbocycles. The molecule has 0 radical (unpaired) electrons. The van der Waals surface area contributed by atoms with Crippen LogP contribution in [0.3, 0.4) is 0 Å². The molecule has 8 heteroatoms. The first-order valence-electron chi connectivity index (χ1n) is 9.07. The Morgan fingerprint density at radius 2 is 1.96 bits per heavy atom. The van der Waals surface area contributed by atoms with Crippen LogP contribution in [-0.2, 0) is 0 Å². The number of hydrogen-bond acceptors (Lipinski definition) is 5. The van der Waals surface area contributed by atoms with Crippen molar-refractivity contribution in [2.75, 3.05) is 42.6 Å². The number of amides is 2. The van der Waals surface area contributed by atoms with Gasteiger partial charge in [0, 0.05) is 49.0 Å². The van der Waals surface area contributed by atoms with Crippen molar-refractivity contribution in [3.63, 3.8) is 0 Å². The molecule has 1 aromatic heterocycles. The van der Waals surface area contributed by atoms with Crippen molar-refractivity contribution in [2.24, 2.45) is 0 Å². The standard InChI is InChI=1S/C19H22ClN5O2/c1-13-9-18(22-12-21-13)23-5-7-24(8-6-23)19(26)25-14(2)11-27-17-10-15(20)3-4-16(17)25/h3-4,9-10,12,14H,5-8,11H2,1-2H3. The molecule has 1 atom stereocenters. The molecule has 1 saturated heterocycles. The van der Waals surface area contributed by atoms with E-state index >= 15 is 0 Å². The number of rotatable bonds is 1. The van der Waals surface area contributed by atoms with E-state index < -0.39 is 0 Å². The van der Waals surface area contributed by atoms with Crippen LogP contribution in [0, 0.1) is 6.92 Å². The number of urea groups is 1. The van der Waals surface area contributed by atoms with E-state index in [-0.39, 0.29) is 12.1 Å². The van der Waals surface area contributed by atoms with Gasteiger partial charge in [-0.05, 0) is 26.0 Å². The fourth-order valence-corrected chi connectivity index (χ4v) is 3.67. The number of piperazine rings is 1. The first-order valence-corrected chi connectivity index (χ1v) is 9.45. The van der Waals surface area contributed by atoms with Crippen molar-refractivity contribution in [1.82, 2.24) is 14.9 Å². The van der Waals surface area contributed by atoms with E-state index in [1.807, 2.05) is 35.8 Å². The molecule has 2 aliphatic rings. The molecule has 1 unspecified atom stereocenters. The second-order valence-electron chi connectivity index (χ2n) is 6.92. The number of halogens is 1. The Hall–Kier alpha value is -2.54. The summed E-state index contributed by atoms with van der Waals surface area (Å²) in [5, 5.41) is 0.601. The van der Waals surface area contributed by atoms with Gasteiger partial charge in [0.2, 0.25) is 0 Å². The van der Waals surface area contributed by atoms with E-state index in [1.165, 1.54) is 0 Å². The van der Waals surface area contributed by atoms with Crippen LogP contribution < -0.4 is 14.5 Å². The predicted molar refractivity (Wildman–Crippen MR) is 105 cm³/mol. The Morgan fingerprint density at radius 3 is 2.70 bits per heavy atom. The van der Waals surface area contributed by atoms with Gasteiger partial charge in [-0.3, -0.25) is 4.90 Å². The summed E-state index contributed by atoms with van der Waals surface area (Å²) in [5.74, 6) is 1.57. The van der Waals surface area contributed by atoms with Gasteiger partial charge in [0.1, 0.15) is 24.5 Å². The molecule has 2 aliphatic heterocycles. The number of hydrogen-bond donors (Lipinski definition) is 0. The first kappa shape index (κ1) is 17.9. The lowest BCUT2D eigenvalue weighted by molar-refractivity contribution is 0.190. The predicted octanol–water partition coefficient (Wildman–Crippen LogP) is 2.97. The summed E-state index contributed by atoms with van der Waals surface area (Å²) in [4.78, 5) is 27.6. The Morgan fingerprint density at radius 1 is 1.19 bits per heavy atom. The van der Waals surface area contributed by atoms with Gasteiger partial charge in [0.25, 0.3) is 0 Å². The van der Waals surface area contributed by atoms with Crippen LogP contribution in [-0.4, -0.2) is 59.7 Å². The highest BCUT2D eigenvalue weighted by molar-refractivity contribution is 6.30. The normalized spacial score (nSPS) is 19.5. The SMILES string of the molecule is Cc1cc(N2CCN(C(=O)N3c4ccc(Cl)cc4OCC3C)CC2)ncn1. The number of ether oxygens (including phenoxy) is 1. The fraction of sp³-hybridized carbons (Fsp3) is 0.421. The van der Waals surface area contributed by atoms with Gasteiger partial charge in [0.05, 0.1) is 11.7 Å². The lowest BCUT2D eigenvalue weighted by Gasteiger charge is -2.41. The molecular formula is C19H22ClN5O2. The van der Waals surface area contributed by atoms with Gasteiger partial charge in [-0.2, -0.15) is 0 Å². The summed E-state index contributed by atoms with van der Waals surface area (Å²) < 4.78 is 5.75. The second kappa shape index (κ2) is 7.23. The minimum absolute atomic E-state index is 0.00731. The molecule has 0 spiro atoms. The van der Waals surface area contributed by atoms with E-state index in [2.05, 4.69) is 14.9 Å². The lowest BCUT2D eigenvalue weighted by atomic mass is 10.1. The minimum atomic E-state index is -0.0336. The molecule has 142 valence electrons. The van der Waals surface area contributed by atoms with Gasteiger partial charge in [-0.25, -0.2) is 14.8 Å². The van der Waals surface area contributed by atoms with Crippen molar-refractivity contribution >= 4 is 29.1 Å². The van der Waals surface area contributed by atoms with Crippen molar-refractivity contribution in [2.45, 2.75) is 19.9 Å². The van der Waals surface area contributed by atoms with E-state index in [9.17, 15) is 4.79 Å². The van der Waals surface area contributed by atoms with E-state index in [4.69, 9.17) is 16.3 Å². The average molecular weight is 388 g/mol. The topological polar surface area (TPSA) is 61.8 Å². The lowest BCUT2D eigenvalue weighted by Crippen LogP contribution is -2.56. The molecule has 0 aliphatic carbocycles. The third-order valence-electron chi connectivity index (χ3n) is 4.97. The maximum Gasteiger partial charge on any atom is 0.325 e. The first-order chi connectivity index (χ1) is 13.0. The molecule has 27 heavy (non-hydrogen) atoms. The van der Waals surface area contributed by atoms with Crippen LogP contribution in [0.1, 0.15) is 12.6 Å². The van der Waals surface area contributed by atoms with E-state index in [1.54, 1.807) is 18.5 Å². The van der Waals surface area contributed by atoms with Crippen molar-refractivity contribution in [3.8, 4) is 5.75 Å². The zero-order chi connectivity index (χ0) is 19.0. The molecule has 1 fully saturated rings. The number of carbonyl (C=O) groups excluding carboxylic acids is 1. The van der Waals surface area contributed by atoms with Crippen LogP contribution in [0.15, 0.2) is 30.6 Å². The van der Waals surface area contributed by atoms with Crippen LogP contribution in [0.4, 0.5) is 16.3 Å². The van der Waals surface area contributed by atoms with Crippen LogP contribution >= 0.6 is 11.6 Å². The van der Waals surface area contributed by atoms with Gasteiger partial charge in [-0.1, -0.05) is 11.6 Å². The summed E-state index contributed by atoms with van der Waals surface area (Å²) in [5.41, 5.74) is 1.72. The van der Waals surface area contributed by atoms with Gasteiger partial charge >= 0.3 is 6.03 Å². The van der Waals surface area contributed by atoms with Crippen molar-refractivity contribution < 1.29 is 9.53 Å². The molecule has 4 rings (SSSR count). The number of nitrogens with zero attached hydrogens (tertiary/aromatic N) is 5. The minimum Gasteiger partial charge on any atom is -0.489 e. The van der Waals surface area contributed by atoms with Gasteiger partial charge < -0.3 is 14.5 Å². The Kier molecular flexibility index (Phi) is 4.78. The zero-order valence-corrected chi connectivity index (χ0v) is 16.2. The largest absolute Gasteiger partial charge is 0.489 e. The average Bonchev–Trinajstić information content (AvgIpc) is 2.68. The quantitative estimate of drug-likeness (QED) is 0.752. The molecule has 3 heterocycles. The molecular weight excluding hydrogens is 366 g/mol. The Bertz CT molecular complexity index is 854. The second-order valence-corrected chi connectivity index (χ2v) is 7.35. The van der Waals surface area contributed by atoms with Crippen LogP contribution in [0.2, 0.25) is 5.02 Å². The van der Waals surface area contributed by atoms with Gasteiger partial charge in [0.15, 0.2) is 0 Å². The molecule has 2 amide bonds. The third kappa shape index (κ3) is 3.51. The Balaban J connectivity index is 1.48. The summed E-state index contributed by atoms with van der Waals surface area (Å²) in [6.07, 6.45) is 1.58. The van der Waals surface area contributed by atoms with Gasteiger partial charge in [-0.15, -0.1) is 0 Å². The zero-order valence-electron chi connectivity index (χ0n) is 15.4. The highest BCUT2D eigenvalue weighted by Crippen LogP contribution is 2.36. The Labute approximate surface area is 163 Å². The highest BCUT2D eigenvalue weighted by Gasteiger charge is 2.34. The fourth-order valence-electron chi connectivity index (χ4n) is 3.51. The summed E-state index contributed by atoms with van der Waals surface area (Å²) in [6, 6.07) is 7.35. The van der Waals surface area contributed by atoms with Crippen molar-refractivity contribution in [1.29, 1.82) is 0 Å². The number of fused-ring (bicyclic) bond motifs is 1. The molecule has 2 aromatic rings. The monoisotopic (exact) mass is 387 g/mol. The third-order valence-corrected chi connectivity index (χ3v) is 5.21. The highest BCUT2D eigenvalue weighted by atomic mass is 35.5. The number of carbonyl (C=O) groups is 1. The van der Waals surface area contributed by atoms with Crippen LogP contribution in [0.5, 0.6) is 5.75 Å². The van der Waals surface area contributed by atoms with Crippen LogP contribution in [0.25, 0.3) is 0 Å². The maximum absolute atomic E-state index is 13.2. The number of aromatic nitrogens is 2. The maximum atomic E-state index is 13.2. The van der Waals surface area contributed by atoms with E-state index in [0.717, 1.165) is 30.3 Å². The number of anilines is 2. The molecule has 0 bridgehead atoms. The molecule has 0 N–H and O–H groups in total. The molecule has 7 nitrogen and oxygen atoms in total. The summed E-state index contributed by atoms with van der Waals surface area (Å²) in [7, 11) is 0. The van der Waals surface area contributed by atoms with E-state index in [0.29, 0.717) is 30.5 Å². The smallest absolute Gasteiger partial charge is 0.325 e. The number of benzene rings is 1. The summed E-state index contributed by atoms with van der Waals surface area (Å²) >= 11 is 6.06.